The molecule has 0 aliphatic rings. The number of anilines is 1. The van der Waals surface area contributed by atoms with Crippen LogP contribution in [0.3, 0.4) is 0 Å². The van der Waals surface area contributed by atoms with Gasteiger partial charge in [-0.05, 0) is 52.3 Å². The molecule has 0 saturated carbocycles. The van der Waals surface area contributed by atoms with Crippen LogP contribution in [0.4, 0.5) is 5.13 Å². The van der Waals surface area contributed by atoms with Crippen LogP contribution in [-0.4, -0.2) is 18.0 Å². The van der Waals surface area contributed by atoms with E-state index in [4.69, 9.17) is 4.74 Å². The Bertz CT molecular complexity index is 864. The van der Waals surface area contributed by atoms with E-state index in [1.807, 2.05) is 18.2 Å². The number of benzene rings is 2. The van der Waals surface area contributed by atoms with E-state index < -0.39 is 0 Å². The van der Waals surface area contributed by atoms with Gasteiger partial charge in [-0.25, -0.2) is 4.98 Å². The van der Waals surface area contributed by atoms with E-state index in [-0.39, 0.29) is 5.91 Å². The van der Waals surface area contributed by atoms with Gasteiger partial charge in [-0.2, -0.15) is 0 Å². The number of hydrogen-bond donors (Lipinski definition) is 1. The Balaban J connectivity index is 1.89. The maximum Gasteiger partial charge on any atom is 0.258 e. The highest BCUT2D eigenvalue weighted by Gasteiger charge is 2.14. The predicted molar refractivity (Wildman–Crippen MR) is 96.0 cm³/mol. The van der Waals surface area contributed by atoms with Crippen LogP contribution in [0.5, 0.6) is 5.75 Å². The molecular formula is C15H10Br2N2O2S. The number of aromatic nitrogens is 1. The van der Waals surface area contributed by atoms with Gasteiger partial charge in [-0.3, -0.25) is 10.1 Å². The van der Waals surface area contributed by atoms with Crippen molar-refractivity contribution < 1.29 is 9.53 Å². The van der Waals surface area contributed by atoms with Crippen LogP contribution in [-0.2, 0) is 0 Å². The van der Waals surface area contributed by atoms with Gasteiger partial charge in [-0.1, -0.05) is 27.3 Å². The van der Waals surface area contributed by atoms with Crippen molar-refractivity contribution in [3.8, 4) is 5.75 Å². The predicted octanol–water partition coefficient (Wildman–Crippen LogP) is 5.08. The van der Waals surface area contributed by atoms with Crippen molar-refractivity contribution in [2.75, 3.05) is 12.4 Å². The van der Waals surface area contributed by atoms with Crippen molar-refractivity contribution in [2.24, 2.45) is 0 Å². The van der Waals surface area contributed by atoms with Crippen molar-refractivity contribution in [1.29, 1.82) is 0 Å². The first-order chi connectivity index (χ1) is 10.6. The van der Waals surface area contributed by atoms with Crippen molar-refractivity contribution in [2.45, 2.75) is 0 Å². The second-order valence-corrected chi connectivity index (χ2v) is 7.23. The molecule has 1 aromatic heterocycles. The lowest BCUT2D eigenvalue weighted by atomic mass is 10.2. The molecule has 0 saturated heterocycles. The Morgan fingerprint density at radius 2 is 2.05 bits per heavy atom. The maximum absolute atomic E-state index is 12.4. The first-order valence-corrected chi connectivity index (χ1v) is 8.68. The zero-order valence-electron chi connectivity index (χ0n) is 11.4. The monoisotopic (exact) mass is 440 g/mol. The number of thiazole rings is 1. The molecule has 0 spiro atoms. The van der Waals surface area contributed by atoms with Crippen LogP contribution in [0, 0.1) is 0 Å². The quantitative estimate of drug-likeness (QED) is 0.616. The molecule has 1 heterocycles. The van der Waals surface area contributed by atoms with Crippen LogP contribution in [0.2, 0.25) is 0 Å². The van der Waals surface area contributed by atoms with Gasteiger partial charge < -0.3 is 4.74 Å². The standard InChI is InChI=1S/C15H10Br2N2O2S/c1-21-9-3-4-11(17)10(7-9)14(20)19-15-18-12-5-2-8(16)6-13(12)22-15/h2-7H,1H3,(H,18,19,20). The lowest BCUT2D eigenvalue weighted by molar-refractivity contribution is 0.102. The lowest BCUT2D eigenvalue weighted by Crippen LogP contribution is -2.12. The number of fused-ring (bicyclic) bond motifs is 1. The van der Waals surface area contributed by atoms with Gasteiger partial charge in [0.05, 0.1) is 22.9 Å². The highest BCUT2D eigenvalue weighted by Crippen LogP contribution is 2.29. The summed E-state index contributed by atoms with van der Waals surface area (Å²) in [6.07, 6.45) is 0. The highest BCUT2D eigenvalue weighted by molar-refractivity contribution is 9.10. The number of ether oxygens (including phenoxy) is 1. The average molecular weight is 442 g/mol. The number of methoxy groups -OCH3 is 1. The number of hydrogen-bond acceptors (Lipinski definition) is 4. The third-order valence-electron chi connectivity index (χ3n) is 2.99. The van der Waals surface area contributed by atoms with Crippen molar-refractivity contribution in [3.05, 3.63) is 50.9 Å². The number of carbonyl (C=O) groups is 1. The van der Waals surface area contributed by atoms with Crippen LogP contribution < -0.4 is 10.1 Å². The molecule has 0 aliphatic heterocycles. The summed E-state index contributed by atoms with van der Waals surface area (Å²) < 4.78 is 7.85. The molecule has 7 heteroatoms. The number of nitrogens with zero attached hydrogens (tertiary/aromatic N) is 1. The summed E-state index contributed by atoms with van der Waals surface area (Å²) in [5, 5.41) is 3.39. The van der Waals surface area contributed by atoms with Crippen molar-refractivity contribution >= 4 is 64.5 Å². The summed E-state index contributed by atoms with van der Waals surface area (Å²) in [5.41, 5.74) is 1.35. The second kappa shape index (κ2) is 6.36. The Morgan fingerprint density at radius 3 is 2.82 bits per heavy atom. The van der Waals surface area contributed by atoms with Crippen molar-refractivity contribution in [1.82, 2.24) is 4.98 Å². The van der Waals surface area contributed by atoms with E-state index >= 15 is 0 Å². The number of amides is 1. The van der Waals surface area contributed by atoms with Gasteiger partial charge in [-0.15, -0.1) is 0 Å². The van der Waals surface area contributed by atoms with E-state index in [0.717, 1.165) is 14.7 Å². The molecule has 1 amide bonds. The maximum atomic E-state index is 12.4. The molecule has 1 N–H and O–H groups in total. The highest BCUT2D eigenvalue weighted by atomic mass is 79.9. The fourth-order valence-electron chi connectivity index (χ4n) is 1.92. The average Bonchev–Trinajstić information content (AvgIpc) is 2.88. The van der Waals surface area contributed by atoms with Crippen LogP contribution >= 0.6 is 43.2 Å². The Hall–Kier alpha value is -1.44. The molecular weight excluding hydrogens is 432 g/mol. The summed E-state index contributed by atoms with van der Waals surface area (Å²) in [6.45, 7) is 0. The summed E-state index contributed by atoms with van der Waals surface area (Å²) in [4.78, 5) is 16.8. The van der Waals surface area contributed by atoms with Gasteiger partial charge in [0.1, 0.15) is 5.75 Å². The van der Waals surface area contributed by atoms with E-state index in [0.29, 0.717) is 20.9 Å². The second-order valence-electron chi connectivity index (χ2n) is 4.43. The Kier molecular flexibility index (Phi) is 4.46. The molecule has 3 rings (SSSR count). The van der Waals surface area contributed by atoms with Crippen molar-refractivity contribution in [3.63, 3.8) is 0 Å². The topological polar surface area (TPSA) is 51.2 Å². The van der Waals surface area contributed by atoms with Gasteiger partial charge in [0, 0.05) is 8.95 Å². The fraction of sp³-hybridized carbons (Fsp3) is 0.0667. The summed E-state index contributed by atoms with van der Waals surface area (Å²) >= 11 is 8.23. The van der Waals surface area contributed by atoms with Crippen LogP contribution in [0.15, 0.2) is 45.3 Å². The van der Waals surface area contributed by atoms with Crippen LogP contribution in [0.25, 0.3) is 10.2 Å². The molecule has 0 fully saturated rings. The Labute approximate surface area is 147 Å². The number of carbonyl (C=O) groups excluding carboxylic acids is 1. The SMILES string of the molecule is COc1ccc(Br)c(C(=O)Nc2nc3ccc(Br)cc3s2)c1. The smallest absolute Gasteiger partial charge is 0.258 e. The molecule has 0 atom stereocenters. The number of nitrogens with one attached hydrogen (secondary N) is 1. The molecule has 3 aromatic rings. The summed E-state index contributed by atoms with van der Waals surface area (Å²) in [6, 6.07) is 11.1. The third kappa shape index (κ3) is 3.16. The van der Waals surface area contributed by atoms with Gasteiger partial charge in [0.15, 0.2) is 5.13 Å². The lowest BCUT2D eigenvalue weighted by Gasteiger charge is -2.06. The van der Waals surface area contributed by atoms with E-state index in [1.54, 1.807) is 25.3 Å². The first kappa shape index (κ1) is 15.5. The van der Waals surface area contributed by atoms with E-state index in [2.05, 4.69) is 42.2 Å². The normalized spacial score (nSPS) is 10.7. The molecule has 0 radical (unpaired) electrons. The minimum absolute atomic E-state index is 0.233. The molecule has 0 bridgehead atoms. The molecule has 0 aliphatic carbocycles. The third-order valence-corrected chi connectivity index (χ3v) is 5.11. The largest absolute Gasteiger partial charge is 0.497 e. The van der Waals surface area contributed by atoms with E-state index in [9.17, 15) is 4.79 Å². The van der Waals surface area contributed by atoms with Crippen LogP contribution in [0.1, 0.15) is 10.4 Å². The fourth-order valence-corrected chi connectivity index (χ4v) is 3.76. The number of rotatable bonds is 3. The minimum Gasteiger partial charge on any atom is -0.497 e. The van der Waals surface area contributed by atoms with Gasteiger partial charge >= 0.3 is 0 Å². The summed E-state index contributed by atoms with van der Waals surface area (Å²) in [7, 11) is 1.57. The molecule has 4 nitrogen and oxygen atoms in total. The zero-order valence-corrected chi connectivity index (χ0v) is 15.4. The molecule has 22 heavy (non-hydrogen) atoms. The molecule has 112 valence electrons. The first-order valence-electron chi connectivity index (χ1n) is 6.28. The van der Waals surface area contributed by atoms with Gasteiger partial charge in [0.25, 0.3) is 5.91 Å². The Morgan fingerprint density at radius 1 is 1.23 bits per heavy atom. The van der Waals surface area contributed by atoms with Gasteiger partial charge in [0.2, 0.25) is 0 Å². The van der Waals surface area contributed by atoms with E-state index in [1.165, 1.54) is 11.3 Å². The summed E-state index contributed by atoms with van der Waals surface area (Å²) in [5.74, 6) is 0.394. The molecule has 0 unspecified atom stereocenters. The number of halogens is 2. The molecule has 2 aromatic carbocycles. The minimum atomic E-state index is -0.233. The zero-order chi connectivity index (χ0) is 15.7.